The van der Waals surface area contributed by atoms with Crippen molar-refractivity contribution in [3.63, 3.8) is 0 Å². The van der Waals surface area contributed by atoms with E-state index >= 15 is 0 Å². The Kier molecular flexibility index (Phi) is 2.95. The van der Waals surface area contributed by atoms with Gasteiger partial charge >= 0.3 is 0 Å². The maximum absolute atomic E-state index is 11.6. The van der Waals surface area contributed by atoms with E-state index in [2.05, 4.69) is 10.3 Å². The molecule has 5 heteroatoms. The molecule has 2 aromatic rings. The van der Waals surface area contributed by atoms with E-state index in [0.29, 0.717) is 24.3 Å². The largest absolute Gasteiger partial charge is 0.469 e. The van der Waals surface area contributed by atoms with Crippen LogP contribution in [0.2, 0.25) is 0 Å². The Hall–Kier alpha value is -2.17. The Bertz CT molecular complexity index is 459. The van der Waals surface area contributed by atoms with Crippen molar-refractivity contribution in [3.8, 4) is 0 Å². The number of hydrogen-bond donors (Lipinski definition) is 3. The van der Waals surface area contributed by atoms with Crippen molar-refractivity contribution in [2.45, 2.75) is 6.42 Å². The summed E-state index contributed by atoms with van der Waals surface area (Å²) in [5, 5.41) is 2.76. The number of H-pyrrole nitrogens is 1. The molecule has 0 saturated carbocycles. The average molecular weight is 219 g/mol. The average Bonchev–Trinajstić information content (AvgIpc) is 2.89. The summed E-state index contributed by atoms with van der Waals surface area (Å²) in [6.45, 7) is 0.533. The van der Waals surface area contributed by atoms with Crippen LogP contribution in [0.3, 0.4) is 0 Å². The Labute approximate surface area is 92.6 Å². The standard InChI is InChI=1S/C11H13N3O2/c12-8-6-10(14-7-8)11(15)13-4-3-9-2-1-5-16-9/h1-2,5-7,14H,3-4,12H2,(H,13,15). The van der Waals surface area contributed by atoms with Crippen molar-refractivity contribution < 1.29 is 9.21 Å². The molecule has 0 unspecified atom stereocenters. The fraction of sp³-hybridized carbons (Fsp3) is 0.182. The molecule has 4 N–H and O–H groups in total. The van der Waals surface area contributed by atoms with Gasteiger partial charge in [-0.15, -0.1) is 0 Å². The first-order valence-corrected chi connectivity index (χ1v) is 5.00. The van der Waals surface area contributed by atoms with Crippen molar-refractivity contribution in [2.24, 2.45) is 0 Å². The number of furan rings is 1. The normalized spacial score (nSPS) is 10.2. The molecular weight excluding hydrogens is 206 g/mol. The smallest absolute Gasteiger partial charge is 0.267 e. The lowest BCUT2D eigenvalue weighted by Gasteiger charge is -2.01. The van der Waals surface area contributed by atoms with E-state index < -0.39 is 0 Å². The zero-order valence-corrected chi connectivity index (χ0v) is 8.69. The summed E-state index contributed by atoms with van der Waals surface area (Å²) in [5.74, 6) is 0.689. The molecule has 0 saturated heterocycles. The molecule has 2 aromatic heterocycles. The number of nitrogen functional groups attached to an aromatic ring is 1. The maximum atomic E-state index is 11.6. The summed E-state index contributed by atoms with van der Waals surface area (Å²) in [6, 6.07) is 5.30. The third-order valence-electron chi connectivity index (χ3n) is 2.19. The SMILES string of the molecule is Nc1c[nH]c(C(=O)NCCc2ccco2)c1. The van der Waals surface area contributed by atoms with E-state index in [-0.39, 0.29) is 5.91 Å². The van der Waals surface area contributed by atoms with Crippen LogP contribution in [-0.2, 0) is 6.42 Å². The van der Waals surface area contributed by atoms with Crippen LogP contribution in [0.5, 0.6) is 0 Å². The summed E-state index contributed by atoms with van der Waals surface area (Å²) >= 11 is 0. The summed E-state index contributed by atoms with van der Waals surface area (Å²) in [5.41, 5.74) is 6.52. The van der Waals surface area contributed by atoms with Gasteiger partial charge in [-0.3, -0.25) is 4.79 Å². The quantitative estimate of drug-likeness (QED) is 0.721. The first-order valence-electron chi connectivity index (χ1n) is 5.00. The summed E-state index contributed by atoms with van der Waals surface area (Å²) in [6.07, 6.45) is 3.87. The van der Waals surface area contributed by atoms with Crippen LogP contribution >= 0.6 is 0 Å². The number of hydrogen-bond acceptors (Lipinski definition) is 3. The molecule has 16 heavy (non-hydrogen) atoms. The number of carbonyl (C=O) groups excluding carboxylic acids is 1. The van der Waals surface area contributed by atoms with E-state index in [0.717, 1.165) is 5.76 Å². The molecule has 0 fully saturated rings. The highest BCUT2D eigenvalue weighted by molar-refractivity contribution is 5.93. The summed E-state index contributed by atoms with van der Waals surface area (Å²) in [4.78, 5) is 14.3. The maximum Gasteiger partial charge on any atom is 0.267 e. The number of amides is 1. The van der Waals surface area contributed by atoms with Gasteiger partial charge < -0.3 is 20.5 Å². The van der Waals surface area contributed by atoms with Gasteiger partial charge in [-0.25, -0.2) is 0 Å². The molecule has 0 aliphatic rings. The molecule has 84 valence electrons. The van der Waals surface area contributed by atoms with Gasteiger partial charge in [0.25, 0.3) is 5.91 Å². The molecule has 1 amide bonds. The van der Waals surface area contributed by atoms with Crippen LogP contribution in [0, 0.1) is 0 Å². The molecular formula is C11H13N3O2. The summed E-state index contributed by atoms with van der Waals surface area (Å²) in [7, 11) is 0. The fourth-order valence-electron chi connectivity index (χ4n) is 1.39. The second-order valence-electron chi connectivity index (χ2n) is 3.43. The third kappa shape index (κ3) is 2.44. The Morgan fingerprint density at radius 3 is 3.06 bits per heavy atom. The van der Waals surface area contributed by atoms with Crippen LogP contribution in [-0.4, -0.2) is 17.4 Å². The Morgan fingerprint density at radius 1 is 1.56 bits per heavy atom. The lowest BCUT2D eigenvalue weighted by Crippen LogP contribution is -2.25. The highest BCUT2D eigenvalue weighted by atomic mass is 16.3. The predicted octanol–water partition coefficient (Wildman–Crippen LogP) is 1.16. The van der Waals surface area contributed by atoms with Gasteiger partial charge in [0.05, 0.1) is 6.26 Å². The molecule has 0 aromatic carbocycles. The van der Waals surface area contributed by atoms with Gasteiger partial charge in [0.2, 0.25) is 0 Å². The molecule has 2 heterocycles. The minimum absolute atomic E-state index is 0.164. The number of rotatable bonds is 4. The third-order valence-corrected chi connectivity index (χ3v) is 2.19. The first kappa shape index (κ1) is 10.4. The van der Waals surface area contributed by atoms with Crippen molar-refractivity contribution in [3.05, 3.63) is 42.1 Å². The van der Waals surface area contributed by atoms with Gasteiger partial charge in [-0.05, 0) is 18.2 Å². The van der Waals surface area contributed by atoms with Crippen molar-refractivity contribution >= 4 is 11.6 Å². The molecule has 0 atom stereocenters. The van der Waals surface area contributed by atoms with Gasteiger partial charge in [-0.2, -0.15) is 0 Å². The van der Waals surface area contributed by atoms with E-state index in [1.165, 1.54) is 0 Å². The molecule has 0 spiro atoms. The minimum atomic E-state index is -0.164. The molecule has 5 nitrogen and oxygen atoms in total. The second kappa shape index (κ2) is 4.57. The van der Waals surface area contributed by atoms with Gasteiger partial charge in [0.1, 0.15) is 11.5 Å². The number of aromatic amines is 1. The Morgan fingerprint density at radius 2 is 2.44 bits per heavy atom. The van der Waals surface area contributed by atoms with Crippen molar-refractivity contribution in [1.29, 1.82) is 0 Å². The molecule has 2 rings (SSSR count). The molecule has 0 bridgehead atoms. The van der Waals surface area contributed by atoms with Crippen molar-refractivity contribution in [1.82, 2.24) is 10.3 Å². The number of nitrogens with two attached hydrogens (primary N) is 1. The highest BCUT2D eigenvalue weighted by Gasteiger charge is 2.06. The van der Waals surface area contributed by atoms with E-state index in [1.807, 2.05) is 12.1 Å². The zero-order chi connectivity index (χ0) is 11.4. The van der Waals surface area contributed by atoms with Crippen LogP contribution in [0.1, 0.15) is 16.2 Å². The van der Waals surface area contributed by atoms with Crippen LogP contribution in [0.15, 0.2) is 35.1 Å². The number of anilines is 1. The van der Waals surface area contributed by atoms with Crippen LogP contribution < -0.4 is 11.1 Å². The van der Waals surface area contributed by atoms with Crippen LogP contribution in [0.25, 0.3) is 0 Å². The second-order valence-corrected chi connectivity index (χ2v) is 3.43. The van der Waals surface area contributed by atoms with E-state index in [9.17, 15) is 4.79 Å². The lowest BCUT2D eigenvalue weighted by molar-refractivity contribution is 0.0949. The number of carbonyl (C=O) groups is 1. The van der Waals surface area contributed by atoms with E-state index in [4.69, 9.17) is 10.2 Å². The van der Waals surface area contributed by atoms with Gasteiger partial charge in [0, 0.05) is 24.8 Å². The minimum Gasteiger partial charge on any atom is -0.469 e. The first-order chi connectivity index (χ1) is 7.75. The topological polar surface area (TPSA) is 84.0 Å². The van der Waals surface area contributed by atoms with Gasteiger partial charge in [0.15, 0.2) is 0 Å². The molecule has 0 radical (unpaired) electrons. The number of aromatic nitrogens is 1. The summed E-state index contributed by atoms with van der Waals surface area (Å²) < 4.78 is 5.15. The van der Waals surface area contributed by atoms with Crippen molar-refractivity contribution in [2.75, 3.05) is 12.3 Å². The fourth-order valence-corrected chi connectivity index (χ4v) is 1.39. The van der Waals surface area contributed by atoms with Gasteiger partial charge in [-0.1, -0.05) is 0 Å². The molecule has 0 aliphatic carbocycles. The van der Waals surface area contributed by atoms with Crippen LogP contribution in [0.4, 0.5) is 5.69 Å². The van der Waals surface area contributed by atoms with E-state index in [1.54, 1.807) is 18.5 Å². The lowest BCUT2D eigenvalue weighted by atomic mass is 10.3. The monoisotopic (exact) mass is 219 g/mol. The Balaban J connectivity index is 1.80. The predicted molar refractivity (Wildman–Crippen MR) is 60.0 cm³/mol. The number of nitrogens with one attached hydrogen (secondary N) is 2. The molecule has 0 aliphatic heterocycles. The highest BCUT2D eigenvalue weighted by Crippen LogP contribution is 2.04. The zero-order valence-electron chi connectivity index (χ0n) is 8.69.